The van der Waals surface area contributed by atoms with Gasteiger partial charge < -0.3 is 4.98 Å². The molecule has 0 fully saturated rings. The number of hydrogen-bond donors (Lipinski definition) is 1. The SMILES string of the molecule is O=c1[nH]c(-c2ccncc2)nn2cccc12. The molecule has 1 N–H and O–H groups in total. The monoisotopic (exact) mass is 212 g/mol. The molecule has 0 atom stereocenters. The number of H-pyrrole nitrogens is 1. The fourth-order valence-electron chi connectivity index (χ4n) is 1.58. The second-order valence-corrected chi connectivity index (χ2v) is 3.38. The molecule has 5 nitrogen and oxygen atoms in total. The predicted molar refractivity (Wildman–Crippen MR) is 59.0 cm³/mol. The zero-order valence-corrected chi connectivity index (χ0v) is 8.29. The van der Waals surface area contributed by atoms with E-state index in [2.05, 4.69) is 15.1 Å². The van der Waals surface area contributed by atoms with Gasteiger partial charge in [-0.25, -0.2) is 4.52 Å². The molecular formula is C11H8N4O. The normalized spacial score (nSPS) is 10.8. The number of aromatic amines is 1. The summed E-state index contributed by atoms with van der Waals surface area (Å²) in [6.07, 6.45) is 5.07. The summed E-state index contributed by atoms with van der Waals surface area (Å²) >= 11 is 0. The molecular weight excluding hydrogens is 204 g/mol. The fourth-order valence-corrected chi connectivity index (χ4v) is 1.58. The highest BCUT2D eigenvalue weighted by atomic mass is 16.1. The minimum Gasteiger partial charge on any atom is -0.303 e. The zero-order valence-electron chi connectivity index (χ0n) is 8.29. The maximum atomic E-state index is 11.7. The second kappa shape index (κ2) is 3.30. The molecule has 0 amide bonds. The molecule has 0 aliphatic rings. The number of aromatic nitrogens is 4. The first-order chi connectivity index (χ1) is 7.84. The highest BCUT2D eigenvalue weighted by molar-refractivity contribution is 5.55. The van der Waals surface area contributed by atoms with Gasteiger partial charge in [0.25, 0.3) is 5.56 Å². The van der Waals surface area contributed by atoms with Gasteiger partial charge in [0.15, 0.2) is 5.82 Å². The molecule has 3 rings (SSSR count). The summed E-state index contributed by atoms with van der Waals surface area (Å²) in [5.74, 6) is 0.538. The van der Waals surface area contributed by atoms with Crippen molar-refractivity contribution in [1.29, 1.82) is 0 Å². The van der Waals surface area contributed by atoms with Crippen LogP contribution < -0.4 is 5.56 Å². The van der Waals surface area contributed by atoms with Crippen molar-refractivity contribution in [1.82, 2.24) is 19.6 Å². The molecule has 3 heterocycles. The van der Waals surface area contributed by atoms with Gasteiger partial charge >= 0.3 is 0 Å². The van der Waals surface area contributed by atoms with Gasteiger partial charge in [-0.3, -0.25) is 9.78 Å². The minimum atomic E-state index is -0.146. The standard InChI is InChI=1S/C11H8N4O/c16-11-9-2-1-7-15(9)14-10(13-11)8-3-5-12-6-4-8/h1-7H,(H,13,14,16). The van der Waals surface area contributed by atoms with E-state index >= 15 is 0 Å². The van der Waals surface area contributed by atoms with Gasteiger partial charge in [0.2, 0.25) is 0 Å². The molecule has 0 aliphatic carbocycles. The molecule has 16 heavy (non-hydrogen) atoms. The average Bonchev–Trinajstić information content (AvgIpc) is 2.79. The van der Waals surface area contributed by atoms with Crippen molar-refractivity contribution in [3.05, 3.63) is 53.2 Å². The van der Waals surface area contributed by atoms with E-state index in [1.165, 1.54) is 0 Å². The van der Waals surface area contributed by atoms with E-state index in [-0.39, 0.29) is 5.56 Å². The number of nitrogens with zero attached hydrogens (tertiary/aromatic N) is 3. The highest BCUT2D eigenvalue weighted by Crippen LogP contribution is 2.10. The summed E-state index contributed by atoms with van der Waals surface area (Å²) in [7, 11) is 0. The number of rotatable bonds is 1. The van der Waals surface area contributed by atoms with Crippen molar-refractivity contribution >= 4 is 5.52 Å². The number of nitrogens with one attached hydrogen (secondary N) is 1. The summed E-state index contributed by atoms with van der Waals surface area (Å²) in [5.41, 5.74) is 1.23. The first-order valence-electron chi connectivity index (χ1n) is 4.83. The van der Waals surface area contributed by atoms with Crippen LogP contribution in [0.2, 0.25) is 0 Å². The number of hydrogen-bond acceptors (Lipinski definition) is 3. The Bertz CT molecular complexity index is 684. The topological polar surface area (TPSA) is 63.0 Å². The van der Waals surface area contributed by atoms with E-state index in [1.807, 2.05) is 0 Å². The van der Waals surface area contributed by atoms with Crippen LogP contribution in [0.15, 0.2) is 47.7 Å². The lowest BCUT2D eigenvalue weighted by Gasteiger charge is -2.00. The summed E-state index contributed by atoms with van der Waals surface area (Å²) in [5, 5.41) is 4.30. The summed E-state index contributed by atoms with van der Waals surface area (Å²) in [6.45, 7) is 0. The Morgan fingerprint density at radius 3 is 2.81 bits per heavy atom. The molecule has 0 bridgehead atoms. The Labute approximate surface area is 90.4 Å². The van der Waals surface area contributed by atoms with E-state index in [9.17, 15) is 4.79 Å². The molecule has 0 spiro atoms. The van der Waals surface area contributed by atoms with Crippen LogP contribution in [-0.2, 0) is 0 Å². The van der Waals surface area contributed by atoms with Crippen LogP contribution in [-0.4, -0.2) is 19.6 Å². The summed E-state index contributed by atoms with van der Waals surface area (Å²) in [6, 6.07) is 7.11. The zero-order chi connectivity index (χ0) is 11.0. The maximum absolute atomic E-state index is 11.7. The molecule has 0 saturated heterocycles. The van der Waals surface area contributed by atoms with E-state index in [4.69, 9.17) is 0 Å². The van der Waals surface area contributed by atoms with E-state index < -0.39 is 0 Å². The molecule has 3 aromatic rings. The Kier molecular flexibility index (Phi) is 1.83. The van der Waals surface area contributed by atoms with E-state index in [1.54, 1.807) is 47.4 Å². The number of pyridine rings is 1. The summed E-state index contributed by atoms with van der Waals surface area (Å²) in [4.78, 5) is 18.4. The molecule has 0 aromatic carbocycles. The fraction of sp³-hybridized carbons (Fsp3) is 0. The van der Waals surface area contributed by atoms with E-state index in [0.717, 1.165) is 5.56 Å². The first-order valence-corrected chi connectivity index (χ1v) is 4.83. The molecule has 0 radical (unpaired) electrons. The lowest BCUT2D eigenvalue weighted by atomic mass is 10.2. The van der Waals surface area contributed by atoms with Crippen molar-refractivity contribution < 1.29 is 0 Å². The summed E-state index contributed by atoms with van der Waals surface area (Å²) < 4.78 is 1.56. The third-order valence-corrected chi connectivity index (χ3v) is 2.35. The lowest BCUT2D eigenvalue weighted by molar-refractivity contribution is 0.899. The van der Waals surface area contributed by atoms with Gasteiger partial charge in [0, 0.05) is 24.2 Å². The van der Waals surface area contributed by atoms with Crippen LogP contribution in [0.3, 0.4) is 0 Å². The average molecular weight is 212 g/mol. The van der Waals surface area contributed by atoms with Crippen molar-refractivity contribution in [2.24, 2.45) is 0 Å². The molecule has 0 unspecified atom stereocenters. The van der Waals surface area contributed by atoms with Gasteiger partial charge in [-0.05, 0) is 24.3 Å². The van der Waals surface area contributed by atoms with Crippen LogP contribution in [0.5, 0.6) is 0 Å². The van der Waals surface area contributed by atoms with Crippen LogP contribution in [0, 0.1) is 0 Å². The van der Waals surface area contributed by atoms with Crippen LogP contribution in [0.25, 0.3) is 16.9 Å². The van der Waals surface area contributed by atoms with Crippen molar-refractivity contribution in [3.8, 4) is 11.4 Å². The van der Waals surface area contributed by atoms with Crippen molar-refractivity contribution in [2.45, 2.75) is 0 Å². The van der Waals surface area contributed by atoms with Gasteiger partial charge in [0.05, 0.1) is 0 Å². The Balaban J connectivity index is 2.30. The molecule has 5 heteroatoms. The molecule has 0 saturated carbocycles. The van der Waals surface area contributed by atoms with Crippen LogP contribution >= 0.6 is 0 Å². The third kappa shape index (κ3) is 1.30. The van der Waals surface area contributed by atoms with Crippen LogP contribution in [0.4, 0.5) is 0 Å². The largest absolute Gasteiger partial charge is 0.303 e. The third-order valence-electron chi connectivity index (χ3n) is 2.35. The second-order valence-electron chi connectivity index (χ2n) is 3.38. The highest BCUT2D eigenvalue weighted by Gasteiger charge is 2.04. The Morgan fingerprint density at radius 1 is 1.19 bits per heavy atom. The minimum absolute atomic E-state index is 0.146. The molecule has 3 aromatic heterocycles. The molecule has 0 aliphatic heterocycles. The van der Waals surface area contributed by atoms with Crippen molar-refractivity contribution in [2.75, 3.05) is 0 Å². The smallest absolute Gasteiger partial charge is 0.275 e. The predicted octanol–water partition coefficient (Wildman–Crippen LogP) is 1.08. The maximum Gasteiger partial charge on any atom is 0.275 e. The van der Waals surface area contributed by atoms with Crippen molar-refractivity contribution in [3.63, 3.8) is 0 Å². The first kappa shape index (κ1) is 8.84. The Morgan fingerprint density at radius 2 is 2.00 bits per heavy atom. The van der Waals surface area contributed by atoms with Gasteiger partial charge in [-0.15, -0.1) is 5.10 Å². The van der Waals surface area contributed by atoms with Gasteiger partial charge in [-0.2, -0.15) is 0 Å². The Hall–Kier alpha value is -2.43. The van der Waals surface area contributed by atoms with Crippen LogP contribution in [0.1, 0.15) is 0 Å². The van der Waals surface area contributed by atoms with Gasteiger partial charge in [-0.1, -0.05) is 0 Å². The van der Waals surface area contributed by atoms with E-state index in [0.29, 0.717) is 11.3 Å². The molecule has 78 valence electrons. The quantitative estimate of drug-likeness (QED) is 0.656. The number of fused-ring (bicyclic) bond motifs is 1. The lowest BCUT2D eigenvalue weighted by Crippen LogP contribution is -2.13. The van der Waals surface area contributed by atoms with Gasteiger partial charge in [0.1, 0.15) is 5.52 Å².